The van der Waals surface area contributed by atoms with Gasteiger partial charge in [-0.3, -0.25) is 14.4 Å². The van der Waals surface area contributed by atoms with E-state index in [1.807, 2.05) is 31.2 Å². The predicted octanol–water partition coefficient (Wildman–Crippen LogP) is 5.32. The fourth-order valence-electron chi connectivity index (χ4n) is 3.25. The van der Waals surface area contributed by atoms with Crippen LogP contribution < -0.4 is 10.2 Å². The highest BCUT2D eigenvalue weighted by atomic mass is 35.5. The van der Waals surface area contributed by atoms with Crippen molar-refractivity contribution in [3.63, 3.8) is 0 Å². The molecule has 5 nitrogen and oxygen atoms in total. The molecule has 4 rings (SSSR count). The molecule has 1 unspecified atom stereocenters. The van der Waals surface area contributed by atoms with E-state index < -0.39 is 5.25 Å². The maximum absolute atomic E-state index is 12.8. The molecular weight excluding hydrogens is 432 g/mol. The molecule has 7 heteroatoms. The van der Waals surface area contributed by atoms with E-state index in [-0.39, 0.29) is 24.1 Å². The second kappa shape index (κ2) is 8.96. The third-order valence-corrected chi connectivity index (χ3v) is 6.34. The lowest BCUT2D eigenvalue weighted by atomic mass is 10.1. The van der Waals surface area contributed by atoms with Crippen molar-refractivity contribution < 1.29 is 14.4 Å². The summed E-state index contributed by atoms with van der Waals surface area (Å²) in [7, 11) is 0. The number of carbonyl (C=O) groups excluding carboxylic acids is 3. The van der Waals surface area contributed by atoms with Crippen LogP contribution >= 0.6 is 23.4 Å². The average molecular weight is 451 g/mol. The first-order valence-electron chi connectivity index (χ1n) is 9.68. The largest absolute Gasteiger partial charge is 0.322 e. The van der Waals surface area contributed by atoms with Crippen LogP contribution in [0.25, 0.3) is 0 Å². The Labute approximate surface area is 189 Å². The minimum Gasteiger partial charge on any atom is -0.322 e. The molecule has 1 fully saturated rings. The number of amides is 3. The van der Waals surface area contributed by atoms with Gasteiger partial charge in [0.1, 0.15) is 0 Å². The van der Waals surface area contributed by atoms with E-state index >= 15 is 0 Å². The van der Waals surface area contributed by atoms with E-state index in [2.05, 4.69) is 5.32 Å². The summed E-state index contributed by atoms with van der Waals surface area (Å²) in [4.78, 5) is 39.6. The Morgan fingerprint density at radius 3 is 2.26 bits per heavy atom. The fraction of sp³-hybridized carbons (Fsp3) is 0.125. The molecule has 0 radical (unpaired) electrons. The topological polar surface area (TPSA) is 66.5 Å². The van der Waals surface area contributed by atoms with E-state index in [1.165, 1.54) is 16.7 Å². The van der Waals surface area contributed by atoms with Gasteiger partial charge in [0.2, 0.25) is 11.8 Å². The number of thioether (sulfide) groups is 1. The van der Waals surface area contributed by atoms with E-state index in [4.69, 9.17) is 11.6 Å². The molecule has 0 aromatic heterocycles. The van der Waals surface area contributed by atoms with Gasteiger partial charge < -0.3 is 5.32 Å². The molecule has 0 saturated carbocycles. The van der Waals surface area contributed by atoms with Crippen LogP contribution in [-0.4, -0.2) is 23.0 Å². The molecule has 156 valence electrons. The maximum Gasteiger partial charge on any atom is 0.255 e. The van der Waals surface area contributed by atoms with E-state index in [0.29, 0.717) is 22.0 Å². The summed E-state index contributed by atoms with van der Waals surface area (Å²) in [5.74, 6) is -0.656. The molecule has 1 aliphatic rings. The third-order valence-electron chi connectivity index (χ3n) is 4.89. The monoisotopic (exact) mass is 450 g/mol. The van der Waals surface area contributed by atoms with Gasteiger partial charge in [0, 0.05) is 27.6 Å². The molecule has 3 aromatic rings. The van der Waals surface area contributed by atoms with Crippen molar-refractivity contribution in [2.75, 3.05) is 10.2 Å². The van der Waals surface area contributed by atoms with Gasteiger partial charge in [-0.1, -0.05) is 29.3 Å². The van der Waals surface area contributed by atoms with Gasteiger partial charge in [0.25, 0.3) is 5.91 Å². The Balaban J connectivity index is 1.40. The normalized spacial score (nSPS) is 15.9. The molecule has 1 heterocycles. The van der Waals surface area contributed by atoms with Gasteiger partial charge in [-0.15, -0.1) is 11.8 Å². The SMILES string of the molecule is Cc1ccc(C(=O)Nc2ccc(SC3CC(=O)N(c4ccc(Cl)cc4)C3=O)cc2)cc1. The summed E-state index contributed by atoms with van der Waals surface area (Å²) < 4.78 is 0. The highest BCUT2D eigenvalue weighted by molar-refractivity contribution is 8.00. The molecule has 1 atom stereocenters. The number of rotatable bonds is 5. The highest BCUT2D eigenvalue weighted by Crippen LogP contribution is 2.34. The summed E-state index contributed by atoms with van der Waals surface area (Å²) in [6.07, 6.45) is 0.137. The van der Waals surface area contributed by atoms with Crippen molar-refractivity contribution in [2.24, 2.45) is 0 Å². The highest BCUT2D eigenvalue weighted by Gasteiger charge is 2.40. The molecule has 1 N–H and O–H groups in total. The van der Waals surface area contributed by atoms with Gasteiger partial charge in [0.05, 0.1) is 10.9 Å². The Morgan fingerprint density at radius 2 is 1.61 bits per heavy atom. The fourth-order valence-corrected chi connectivity index (χ4v) is 4.43. The first-order chi connectivity index (χ1) is 14.9. The first-order valence-corrected chi connectivity index (χ1v) is 10.9. The zero-order valence-electron chi connectivity index (χ0n) is 16.7. The van der Waals surface area contributed by atoms with Crippen LogP contribution in [0.5, 0.6) is 0 Å². The lowest BCUT2D eigenvalue weighted by Crippen LogP contribution is -2.31. The molecule has 1 aliphatic heterocycles. The zero-order valence-corrected chi connectivity index (χ0v) is 18.2. The summed E-state index contributed by atoms with van der Waals surface area (Å²) in [6, 6.07) is 21.2. The molecular formula is C24H19ClN2O3S. The Morgan fingerprint density at radius 1 is 0.968 bits per heavy atom. The Bertz CT molecular complexity index is 1130. The summed E-state index contributed by atoms with van der Waals surface area (Å²) in [5, 5.41) is 2.91. The molecule has 1 saturated heterocycles. The molecule has 3 aromatic carbocycles. The van der Waals surface area contributed by atoms with E-state index in [9.17, 15) is 14.4 Å². The minimum atomic E-state index is -0.490. The number of nitrogens with zero attached hydrogens (tertiary/aromatic N) is 1. The van der Waals surface area contributed by atoms with Gasteiger partial charge in [-0.05, 0) is 67.6 Å². The smallest absolute Gasteiger partial charge is 0.255 e. The van der Waals surface area contributed by atoms with Crippen LogP contribution in [0, 0.1) is 6.92 Å². The maximum atomic E-state index is 12.8. The van der Waals surface area contributed by atoms with Crippen molar-refractivity contribution in [3.05, 3.63) is 88.9 Å². The molecule has 3 amide bonds. The summed E-state index contributed by atoms with van der Waals surface area (Å²) in [5.41, 5.74) is 2.86. The Hall–Kier alpha value is -3.09. The van der Waals surface area contributed by atoms with Crippen molar-refractivity contribution in [1.29, 1.82) is 0 Å². The third kappa shape index (κ3) is 4.81. The number of anilines is 2. The lowest BCUT2D eigenvalue weighted by molar-refractivity contribution is -0.121. The minimum absolute atomic E-state index is 0.137. The number of nitrogens with one attached hydrogen (secondary N) is 1. The van der Waals surface area contributed by atoms with Crippen LogP contribution in [-0.2, 0) is 9.59 Å². The van der Waals surface area contributed by atoms with Crippen molar-refractivity contribution >= 4 is 52.5 Å². The second-order valence-corrected chi connectivity index (χ2v) is 8.91. The quantitative estimate of drug-likeness (QED) is 0.534. The summed E-state index contributed by atoms with van der Waals surface area (Å²) in [6.45, 7) is 1.97. The number of aryl methyl sites for hydroxylation is 1. The van der Waals surface area contributed by atoms with Gasteiger partial charge in [0.15, 0.2) is 0 Å². The first kappa shape index (κ1) is 21.2. The molecule has 0 aliphatic carbocycles. The van der Waals surface area contributed by atoms with Gasteiger partial charge in [-0.2, -0.15) is 0 Å². The van der Waals surface area contributed by atoms with Crippen molar-refractivity contribution in [1.82, 2.24) is 0 Å². The number of hydrogen-bond donors (Lipinski definition) is 1. The van der Waals surface area contributed by atoms with Crippen LogP contribution in [0.4, 0.5) is 11.4 Å². The molecule has 0 spiro atoms. The molecule has 0 bridgehead atoms. The van der Waals surface area contributed by atoms with Gasteiger partial charge in [-0.25, -0.2) is 4.90 Å². The number of carbonyl (C=O) groups is 3. The van der Waals surface area contributed by atoms with Gasteiger partial charge >= 0.3 is 0 Å². The van der Waals surface area contributed by atoms with Crippen LogP contribution in [0.15, 0.2) is 77.7 Å². The molecule has 31 heavy (non-hydrogen) atoms. The van der Waals surface area contributed by atoms with E-state index in [1.54, 1.807) is 48.5 Å². The zero-order chi connectivity index (χ0) is 22.0. The van der Waals surface area contributed by atoms with E-state index in [0.717, 1.165) is 10.5 Å². The number of hydrogen-bond acceptors (Lipinski definition) is 4. The van der Waals surface area contributed by atoms with Crippen LogP contribution in [0.1, 0.15) is 22.3 Å². The van der Waals surface area contributed by atoms with Crippen LogP contribution in [0.3, 0.4) is 0 Å². The lowest BCUT2D eigenvalue weighted by Gasteiger charge is -2.15. The number of halogens is 1. The van der Waals surface area contributed by atoms with Crippen molar-refractivity contribution in [3.8, 4) is 0 Å². The van der Waals surface area contributed by atoms with Crippen LogP contribution in [0.2, 0.25) is 5.02 Å². The number of benzene rings is 3. The summed E-state index contributed by atoms with van der Waals surface area (Å²) >= 11 is 7.23. The van der Waals surface area contributed by atoms with Crippen molar-refractivity contribution in [2.45, 2.75) is 23.5 Å². The predicted molar refractivity (Wildman–Crippen MR) is 124 cm³/mol. The second-order valence-electron chi connectivity index (χ2n) is 7.20. The Kier molecular flexibility index (Phi) is 6.11. The number of imide groups is 1. The standard InChI is InChI=1S/C24H19ClN2O3S/c1-15-2-4-16(5-3-15)23(29)26-18-8-12-20(13-9-18)31-21-14-22(28)27(24(21)30)19-10-6-17(25)7-11-19/h2-13,21H,14H2,1H3,(H,26,29). The average Bonchev–Trinajstić information content (AvgIpc) is 3.03.